The minimum Gasteiger partial charge on any atom is -0.288 e. The number of carbonyl (C=O) groups is 1. The standard InChI is InChI=1S/C13H5Br2ClF2O/c14-7-1-6(2-8(16)3-7)13(19)9-4-12(18)10(15)5-11(9)17/h1-5H. The second kappa shape index (κ2) is 5.69. The molecule has 0 aromatic heterocycles. The quantitative estimate of drug-likeness (QED) is 0.480. The Bertz CT molecular complexity index is 654. The molecule has 2 aromatic carbocycles. The summed E-state index contributed by atoms with van der Waals surface area (Å²) >= 11 is 11.9. The Balaban J connectivity index is 2.53. The molecule has 0 atom stereocenters. The molecule has 6 heteroatoms. The molecule has 0 heterocycles. The van der Waals surface area contributed by atoms with E-state index in [0.29, 0.717) is 9.50 Å². The van der Waals surface area contributed by atoms with Gasteiger partial charge in [0.2, 0.25) is 0 Å². The van der Waals surface area contributed by atoms with Gasteiger partial charge in [-0.1, -0.05) is 27.5 Å². The first-order valence-electron chi connectivity index (χ1n) is 5.04. The van der Waals surface area contributed by atoms with Crippen LogP contribution in [-0.4, -0.2) is 5.78 Å². The first kappa shape index (κ1) is 14.6. The lowest BCUT2D eigenvalue weighted by Crippen LogP contribution is -2.05. The van der Waals surface area contributed by atoms with Gasteiger partial charge in [-0.05, 0) is 46.3 Å². The van der Waals surface area contributed by atoms with Crippen molar-refractivity contribution < 1.29 is 13.6 Å². The van der Waals surface area contributed by atoms with Gasteiger partial charge in [0.1, 0.15) is 11.6 Å². The molecule has 0 aliphatic heterocycles. The molecule has 2 aromatic rings. The maximum absolute atomic E-state index is 13.7. The lowest BCUT2D eigenvalue weighted by Gasteiger charge is -2.05. The molecule has 19 heavy (non-hydrogen) atoms. The molecular weight excluding hydrogens is 405 g/mol. The third kappa shape index (κ3) is 3.22. The fourth-order valence-electron chi connectivity index (χ4n) is 1.54. The zero-order chi connectivity index (χ0) is 14.2. The van der Waals surface area contributed by atoms with Crippen molar-refractivity contribution in [3.8, 4) is 0 Å². The van der Waals surface area contributed by atoms with Crippen LogP contribution in [0, 0.1) is 11.6 Å². The van der Waals surface area contributed by atoms with Gasteiger partial charge >= 0.3 is 0 Å². The molecule has 0 aliphatic carbocycles. The van der Waals surface area contributed by atoms with Crippen LogP contribution in [0.15, 0.2) is 39.3 Å². The molecule has 2 rings (SSSR count). The number of benzene rings is 2. The Morgan fingerprint density at radius 3 is 2.32 bits per heavy atom. The smallest absolute Gasteiger partial charge is 0.196 e. The van der Waals surface area contributed by atoms with Crippen LogP contribution in [0.5, 0.6) is 0 Å². The highest BCUT2D eigenvalue weighted by atomic mass is 79.9. The maximum atomic E-state index is 13.7. The van der Waals surface area contributed by atoms with Crippen LogP contribution >= 0.6 is 43.5 Å². The summed E-state index contributed by atoms with van der Waals surface area (Å²) in [4.78, 5) is 12.1. The Hall–Kier alpha value is -0.780. The van der Waals surface area contributed by atoms with Crippen molar-refractivity contribution in [1.29, 1.82) is 0 Å². The number of ketones is 1. The molecule has 0 saturated heterocycles. The second-order valence-electron chi connectivity index (χ2n) is 3.73. The van der Waals surface area contributed by atoms with Gasteiger partial charge in [-0.25, -0.2) is 8.78 Å². The molecule has 0 unspecified atom stereocenters. The van der Waals surface area contributed by atoms with Gasteiger partial charge in [0, 0.05) is 15.1 Å². The van der Waals surface area contributed by atoms with Crippen molar-refractivity contribution in [2.24, 2.45) is 0 Å². The highest BCUT2D eigenvalue weighted by Gasteiger charge is 2.17. The van der Waals surface area contributed by atoms with Crippen molar-refractivity contribution in [2.75, 3.05) is 0 Å². The molecule has 0 N–H and O–H groups in total. The first-order chi connectivity index (χ1) is 8.88. The fraction of sp³-hybridized carbons (Fsp3) is 0. The van der Waals surface area contributed by atoms with E-state index in [1.807, 2.05) is 0 Å². The van der Waals surface area contributed by atoms with Crippen molar-refractivity contribution in [3.63, 3.8) is 0 Å². The summed E-state index contributed by atoms with van der Waals surface area (Å²) in [6, 6.07) is 6.26. The van der Waals surface area contributed by atoms with Crippen LogP contribution < -0.4 is 0 Å². The highest BCUT2D eigenvalue weighted by molar-refractivity contribution is 9.10. The molecule has 0 saturated carbocycles. The third-order valence-electron chi connectivity index (χ3n) is 2.38. The normalized spacial score (nSPS) is 10.6. The highest BCUT2D eigenvalue weighted by Crippen LogP contribution is 2.25. The molecule has 98 valence electrons. The average molecular weight is 410 g/mol. The Labute approximate surface area is 129 Å². The molecular formula is C13H5Br2ClF2O. The van der Waals surface area contributed by atoms with Crippen molar-refractivity contribution in [2.45, 2.75) is 0 Å². The summed E-state index contributed by atoms with van der Waals surface area (Å²) in [6.07, 6.45) is 0. The van der Waals surface area contributed by atoms with E-state index in [1.54, 1.807) is 6.07 Å². The summed E-state index contributed by atoms with van der Waals surface area (Å²) in [5, 5.41) is 0.329. The Morgan fingerprint density at radius 2 is 1.68 bits per heavy atom. The van der Waals surface area contributed by atoms with Gasteiger partial charge in [-0.2, -0.15) is 0 Å². The third-order valence-corrected chi connectivity index (χ3v) is 3.66. The predicted octanol–water partition coefficient (Wildman–Crippen LogP) is 5.37. The monoisotopic (exact) mass is 408 g/mol. The van der Waals surface area contributed by atoms with Crippen LogP contribution in [0.3, 0.4) is 0 Å². The minimum atomic E-state index is -0.797. The number of hydrogen-bond acceptors (Lipinski definition) is 1. The lowest BCUT2D eigenvalue weighted by atomic mass is 10.0. The first-order valence-corrected chi connectivity index (χ1v) is 7.00. The molecule has 0 amide bonds. The number of rotatable bonds is 2. The lowest BCUT2D eigenvalue weighted by molar-refractivity contribution is 0.103. The summed E-state index contributed by atoms with van der Waals surface area (Å²) in [5.41, 5.74) is -0.158. The van der Waals surface area contributed by atoms with E-state index in [1.165, 1.54) is 12.1 Å². The van der Waals surface area contributed by atoms with Gasteiger partial charge in [-0.15, -0.1) is 0 Å². The van der Waals surface area contributed by atoms with Gasteiger partial charge in [0.15, 0.2) is 5.78 Å². The summed E-state index contributed by atoms with van der Waals surface area (Å²) in [5.74, 6) is -2.13. The number of halogens is 5. The van der Waals surface area contributed by atoms with E-state index in [2.05, 4.69) is 31.9 Å². The Morgan fingerprint density at radius 1 is 1.00 bits per heavy atom. The van der Waals surface area contributed by atoms with Crippen LogP contribution in [-0.2, 0) is 0 Å². The fourth-order valence-corrected chi connectivity index (χ4v) is 2.71. The van der Waals surface area contributed by atoms with Crippen molar-refractivity contribution in [1.82, 2.24) is 0 Å². The largest absolute Gasteiger partial charge is 0.288 e. The maximum Gasteiger partial charge on any atom is 0.196 e. The van der Waals surface area contributed by atoms with Crippen molar-refractivity contribution in [3.05, 3.63) is 67.1 Å². The molecule has 0 spiro atoms. The van der Waals surface area contributed by atoms with Gasteiger partial charge < -0.3 is 0 Å². The van der Waals surface area contributed by atoms with Crippen LogP contribution in [0.25, 0.3) is 0 Å². The predicted molar refractivity (Wildman–Crippen MR) is 76.6 cm³/mol. The van der Waals surface area contributed by atoms with Gasteiger partial charge in [0.05, 0.1) is 10.0 Å². The minimum absolute atomic E-state index is 0.0335. The zero-order valence-electron chi connectivity index (χ0n) is 9.18. The van der Waals surface area contributed by atoms with Crippen LogP contribution in [0.2, 0.25) is 5.02 Å². The number of hydrogen-bond donors (Lipinski definition) is 0. The molecule has 0 bridgehead atoms. The second-order valence-corrected chi connectivity index (χ2v) is 5.94. The zero-order valence-corrected chi connectivity index (χ0v) is 13.1. The summed E-state index contributed by atoms with van der Waals surface area (Å²) < 4.78 is 27.6. The summed E-state index contributed by atoms with van der Waals surface area (Å²) in [6.45, 7) is 0. The average Bonchev–Trinajstić information content (AvgIpc) is 2.31. The van der Waals surface area contributed by atoms with E-state index in [9.17, 15) is 13.6 Å². The Kier molecular flexibility index (Phi) is 4.38. The number of carbonyl (C=O) groups excluding carboxylic acids is 1. The van der Waals surface area contributed by atoms with E-state index >= 15 is 0 Å². The van der Waals surface area contributed by atoms with Gasteiger partial charge in [-0.3, -0.25) is 4.79 Å². The van der Waals surface area contributed by atoms with Crippen LogP contribution in [0.4, 0.5) is 8.78 Å². The van der Waals surface area contributed by atoms with Gasteiger partial charge in [0.25, 0.3) is 0 Å². The van der Waals surface area contributed by atoms with Crippen molar-refractivity contribution >= 4 is 49.2 Å². The van der Waals surface area contributed by atoms with E-state index in [4.69, 9.17) is 11.6 Å². The topological polar surface area (TPSA) is 17.1 Å². The molecule has 1 nitrogen and oxygen atoms in total. The molecule has 0 aliphatic rings. The molecule has 0 radical (unpaired) electrons. The van der Waals surface area contributed by atoms with E-state index in [-0.39, 0.29) is 15.6 Å². The summed E-state index contributed by atoms with van der Waals surface area (Å²) in [7, 11) is 0. The van der Waals surface area contributed by atoms with E-state index in [0.717, 1.165) is 12.1 Å². The van der Waals surface area contributed by atoms with Crippen LogP contribution in [0.1, 0.15) is 15.9 Å². The molecule has 0 fully saturated rings. The SMILES string of the molecule is O=C(c1cc(Cl)cc(Br)c1)c1cc(F)c(Br)cc1F. The van der Waals surface area contributed by atoms with E-state index < -0.39 is 17.4 Å².